The molecule has 5 atom stereocenters. The molecule has 0 spiro atoms. The van der Waals surface area contributed by atoms with Crippen molar-refractivity contribution in [1.29, 1.82) is 0 Å². The molecule has 7 heteroatoms. The van der Waals surface area contributed by atoms with E-state index in [1.165, 1.54) is 0 Å². The van der Waals surface area contributed by atoms with E-state index in [1.807, 2.05) is 6.92 Å². The molecular formula is C20H34N2O5. The van der Waals surface area contributed by atoms with Crippen molar-refractivity contribution >= 4 is 17.8 Å². The van der Waals surface area contributed by atoms with Gasteiger partial charge in [0.2, 0.25) is 5.91 Å². The number of carbonyl (C=O) groups is 3. The SMILES string of the molecule is CCC[C@H](N[C@@H](C)C(=O)N1[C@@H](C(=O)O)C[C@@H]2CCCC[C@@H]21)C(=O)OC(C)C. The van der Waals surface area contributed by atoms with Gasteiger partial charge in [-0.2, -0.15) is 0 Å². The Morgan fingerprint density at radius 2 is 1.85 bits per heavy atom. The molecule has 7 nitrogen and oxygen atoms in total. The first-order chi connectivity index (χ1) is 12.8. The first kappa shape index (κ1) is 21.7. The number of amides is 1. The first-order valence-corrected chi connectivity index (χ1v) is 10.3. The Labute approximate surface area is 161 Å². The van der Waals surface area contributed by atoms with Crippen LogP contribution in [0, 0.1) is 5.92 Å². The Morgan fingerprint density at radius 3 is 2.44 bits per heavy atom. The largest absolute Gasteiger partial charge is 0.480 e. The van der Waals surface area contributed by atoms with Gasteiger partial charge in [0.25, 0.3) is 0 Å². The molecule has 1 amide bonds. The van der Waals surface area contributed by atoms with E-state index < -0.39 is 24.1 Å². The van der Waals surface area contributed by atoms with Crippen molar-refractivity contribution in [3.05, 3.63) is 0 Å². The summed E-state index contributed by atoms with van der Waals surface area (Å²) in [5, 5.41) is 12.7. The number of carboxylic acid groups (broad SMARTS) is 1. The van der Waals surface area contributed by atoms with E-state index in [4.69, 9.17) is 4.74 Å². The van der Waals surface area contributed by atoms with Crippen LogP contribution in [-0.2, 0) is 19.1 Å². The molecule has 154 valence electrons. The van der Waals surface area contributed by atoms with Gasteiger partial charge in [-0.25, -0.2) is 4.79 Å². The predicted molar refractivity (Wildman–Crippen MR) is 101 cm³/mol. The molecule has 0 aromatic rings. The Balaban J connectivity index is 2.10. The van der Waals surface area contributed by atoms with Crippen molar-refractivity contribution in [1.82, 2.24) is 10.2 Å². The van der Waals surface area contributed by atoms with Gasteiger partial charge in [0, 0.05) is 6.04 Å². The third kappa shape index (κ3) is 5.21. The normalized spacial score (nSPS) is 27.1. The predicted octanol–water partition coefficient (Wildman–Crippen LogP) is 2.33. The average Bonchev–Trinajstić information content (AvgIpc) is 2.99. The molecule has 0 bridgehead atoms. The van der Waals surface area contributed by atoms with Gasteiger partial charge in [0.1, 0.15) is 12.1 Å². The summed E-state index contributed by atoms with van der Waals surface area (Å²) in [4.78, 5) is 38.8. The molecule has 2 rings (SSSR count). The van der Waals surface area contributed by atoms with Crippen LogP contribution >= 0.6 is 0 Å². The van der Waals surface area contributed by atoms with Gasteiger partial charge in [-0.1, -0.05) is 26.2 Å². The number of nitrogens with zero attached hydrogens (tertiary/aromatic N) is 1. The number of esters is 1. The summed E-state index contributed by atoms with van der Waals surface area (Å²) in [6.07, 6.45) is 5.63. The Hall–Kier alpha value is -1.63. The lowest BCUT2D eigenvalue weighted by Crippen LogP contribution is -2.55. The number of aliphatic carboxylic acids is 1. The van der Waals surface area contributed by atoms with E-state index in [-0.39, 0.29) is 29.9 Å². The van der Waals surface area contributed by atoms with Gasteiger partial charge in [-0.15, -0.1) is 0 Å². The molecule has 2 fully saturated rings. The highest BCUT2D eigenvalue weighted by atomic mass is 16.5. The van der Waals surface area contributed by atoms with Crippen molar-refractivity contribution in [3.63, 3.8) is 0 Å². The van der Waals surface area contributed by atoms with Crippen molar-refractivity contribution in [3.8, 4) is 0 Å². The third-order valence-corrected chi connectivity index (χ3v) is 5.66. The Morgan fingerprint density at radius 1 is 1.19 bits per heavy atom. The molecular weight excluding hydrogens is 348 g/mol. The lowest BCUT2D eigenvalue weighted by molar-refractivity contribution is -0.153. The van der Waals surface area contributed by atoms with Gasteiger partial charge in [0.15, 0.2) is 0 Å². The molecule has 1 saturated carbocycles. The zero-order valence-corrected chi connectivity index (χ0v) is 16.9. The summed E-state index contributed by atoms with van der Waals surface area (Å²) in [7, 11) is 0. The summed E-state index contributed by atoms with van der Waals surface area (Å²) in [5.41, 5.74) is 0. The molecule has 27 heavy (non-hydrogen) atoms. The van der Waals surface area contributed by atoms with Crippen LogP contribution in [-0.4, -0.2) is 58.1 Å². The number of ether oxygens (including phenoxy) is 1. The maximum absolute atomic E-state index is 13.1. The van der Waals surface area contributed by atoms with Crippen LogP contribution in [0.15, 0.2) is 0 Å². The number of fused-ring (bicyclic) bond motifs is 1. The lowest BCUT2D eigenvalue weighted by Gasteiger charge is -2.35. The maximum Gasteiger partial charge on any atom is 0.326 e. The molecule has 1 heterocycles. The standard InChI is InChI=1S/C20H34N2O5/c1-5-8-15(20(26)27-12(2)3)21-13(4)18(23)22-16-10-7-6-9-14(16)11-17(22)19(24)25/h12-17,21H,5-11H2,1-4H3,(H,24,25)/t13-,14-,15-,16-,17+/m0/s1. The van der Waals surface area contributed by atoms with E-state index in [1.54, 1.807) is 25.7 Å². The van der Waals surface area contributed by atoms with Gasteiger partial charge >= 0.3 is 11.9 Å². The zero-order chi connectivity index (χ0) is 20.1. The highest BCUT2D eigenvalue weighted by molar-refractivity contribution is 5.88. The van der Waals surface area contributed by atoms with Gasteiger partial charge in [-0.05, 0) is 52.4 Å². The summed E-state index contributed by atoms with van der Waals surface area (Å²) in [5.74, 6) is -1.25. The van der Waals surface area contributed by atoms with Gasteiger partial charge < -0.3 is 14.7 Å². The van der Waals surface area contributed by atoms with Crippen molar-refractivity contribution in [2.75, 3.05) is 0 Å². The molecule has 2 N–H and O–H groups in total. The molecule has 0 aromatic carbocycles. The molecule has 0 unspecified atom stereocenters. The fraction of sp³-hybridized carbons (Fsp3) is 0.850. The zero-order valence-electron chi connectivity index (χ0n) is 16.9. The molecule has 1 aliphatic carbocycles. The Kier molecular flexibility index (Phi) is 7.65. The molecule has 0 radical (unpaired) electrons. The van der Waals surface area contributed by atoms with Crippen molar-refractivity contribution in [2.24, 2.45) is 5.92 Å². The number of likely N-dealkylation sites (tertiary alicyclic amines) is 1. The molecule has 0 aromatic heterocycles. The van der Waals surface area contributed by atoms with Crippen LogP contribution in [0.3, 0.4) is 0 Å². The fourth-order valence-electron chi connectivity index (χ4n) is 4.47. The van der Waals surface area contributed by atoms with Crippen LogP contribution in [0.2, 0.25) is 0 Å². The molecule has 1 aliphatic heterocycles. The second-order valence-corrected chi connectivity index (χ2v) is 8.16. The number of hydrogen-bond acceptors (Lipinski definition) is 5. The number of carbonyl (C=O) groups excluding carboxylic acids is 2. The molecule has 2 aliphatic rings. The Bertz CT molecular complexity index is 550. The van der Waals surface area contributed by atoms with Crippen LogP contribution in [0.25, 0.3) is 0 Å². The minimum Gasteiger partial charge on any atom is -0.480 e. The topological polar surface area (TPSA) is 95.9 Å². The van der Waals surface area contributed by atoms with Crippen LogP contribution < -0.4 is 5.32 Å². The van der Waals surface area contributed by atoms with Gasteiger partial charge in [0.05, 0.1) is 12.1 Å². The quantitative estimate of drug-likeness (QED) is 0.626. The summed E-state index contributed by atoms with van der Waals surface area (Å²) in [6.45, 7) is 7.26. The number of rotatable bonds is 8. The highest BCUT2D eigenvalue weighted by Gasteiger charge is 2.48. The van der Waals surface area contributed by atoms with Crippen LogP contribution in [0.1, 0.15) is 72.6 Å². The third-order valence-electron chi connectivity index (χ3n) is 5.66. The smallest absolute Gasteiger partial charge is 0.326 e. The maximum atomic E-state index is 13.1. The number of hydrogen-bond donors (Lipinski definition) is 2. The van der Waals surface area contributed by atoms with E-state index in [2.05, 4.69) is 5.32 Å². The lowest BCUT2D eigenvalue weighted by atomic mass is 9.84. The van der Waals surface area contributed by atoms with Crippen molar-refractivity contribution < 1.29 is 24.2 Å². The average molecular weight is 383 g/mol. The second kappa shape index (κ2) is 9.53. The van der Waals surface area contributed by atoms with E-state index in [0.717, 1.165) is 32.1 Å². The summed E-state index contributed by atoms with van der Waals surface area (Å²) >= 11 is 0. The second-order valence-electron chi connectivity index (χ2n) is 8.16. The highest BCUT2D eigenvalue weighted by Crippen LogP contribution is 2.40. The number of nitrogens with one attached hydrogen (secondary N) is 1. The van der Waals surface area contributed by atoms with E-state index in [9.17, 15) is 19.5 Å². The minimum atomic E-state index is -0.936. The van der Waals surface area contributed by atoms with Crippen LogP contribution in [0.4, 0.5) is 0 Å². The first-order valence-electron chi connectivity index (χ1n) is 10.3. The summed E-state index contributed by atoms with van der Waals surface area (Å²) < 4.78 is 5.30. The van der Waals surface area contributed by atoms with E-state index in [0.29, 0.717) is 12.8 Å². The minimum absolute atomic E-state index is 0.00356. The summed E-state index contributed by atoms with van der Waals surface area (Å²) in [6, 6.07) is -1.96. The molecule has 1 saturated heterocycles. The fourth-order valence-corrected chi connectivity index (χ4v) is 4.47. The van der Waals surface area contributed by atoms with Gasteiger partial charge in [-0.3, -0.25) is 14.9 Å². The number of carboxylic acids is 1. The van der Waals surface area contributed by atoms with Crippen molar-refractivity contribution in [2.45, 2.75) is 103 Å². The van der Waals surface area contributed by atoms with E-state index >= 15 is 0 Å². The van der Waals surface area contributed by atoms with Crippen LogP contribution in [0.5, 0.6) is 0 Å². The monoisotopic (exact) mass is 382 g/mol.